The SMILES string of the molecule is CCCCn1cc(C=O)c2c(Br)ccnc21. The fourth-order valence-electron chi connectivity index (χ4n) is 1.79. The minimum Gasteiger partial charge on any atom is -0.332 e. The van der Waals surface area contributed by atoms with Gasteiger partial charge in [-0.2, -0.15) is 0 Å². The molecule has 2 aromatic heterocycles. The van der Waals surface area contributed by atoms with E-state index in [2.05, 4.69) is 27.8 Å². The van der Waals surface area contributed by atoms with Crippen molar-refractivity contribution in [2.75, 3.05) is 0 Å². The van der Waals surface area contributed by atoms with Crippen LogP contribution in [0.25, 0.3) is 11.0 Å². The summed E-state index contributed by atoms with van der Waals surface area (Å²) in [6.07, 6.45) is 6.74. The highest BCUT2D eigenvalue weighted by atomic mass is 79.9. The lowest BCUT2D eigenvalue weighted by Crippen LogP contribution is -1.96. The molecule has 0 aliphatic rings. The van der Waals surface area contributed by atoms with E-state index in [0.29, 0.717) is 5.56 Å². The molecule has 0 N–H and O–H groups in total. The van der Waals surface area contributed by atoms with E-state index in [4.69, 9.17) is 0 Å². The second-order valence-electron chi connectivity index (χ2n) is 3.74. The molecule has 0 spiro atoms. The minimum atomic E-state index is 0.700. The second kappa shape index (κ2) is 4.78. The summed E-state index contributed by atoms with van der Waals surface area (Å²) in [5, 5.41) is 0.911. The van der Waals surface area contributed by atoms with Crippen molar-refractivity contribution in [3.8, 4) is 0 Å². The van der Waals surface area contributed by atoms with E-state index in [-0.39, 0.29) is 0 Å². The molecule has 0 amide bonds. The van der Waals surface area contributed by atoms with Gasteiger partial charge in [0.2, 0.25) is 0 Å². The zero-order chi connectivity index (χ0) is 11.5. The lowest BCUT2D eigenvalue weighted by molar-refractivity contribution is 0.112. The van der Waals surface area contributed by atoms with Crippen LogP contribution in [0.4, 0.5) is 0 Å². The van der Waals surface area contributed by atoms with Crippen molar-refractivity contribution >= 4 is 33.2 Å². The molecule has 0 aliphatic carbocycles. The zero-order valence-electron chi connectivity index (χ0n) is 9.11. The number of carbonyl (C=O) groups excluding carboxylic acids is 1. The van der Waals surface area contributed by atoms with E-state index in [1.807, 2.05) is 16.8 Å². The molecule has 2 heterocycles. The van der Waals surface area contributed by atoms with Crippen molar-refractivity contribution in [2.24, 2.45) is 0 Å². The van der Waals surface area contributed by atoms with Gasteiger partial charge in [-0.25, -0.2) is 4.98 Å². The molecule has 0 aromatic carbocycles. The fraction of sp³-hybridized carbons (Fsp3) is 0.333. The maximum absolute atomic E-state index is 11.0. The lowest BCUT2D eigenvalue weighted by Gasteiger charge is -2.02. The molecule has 0 fully saturated rings. The van der Waals surface area contributed by atoms with Gasteiger partial charge in [0.1, 0.15) is 5.65 Å². The Bertz CT molecular complexity index is 519. The Kier molecular flexibility index (Phi) is 3.39. The number of rotatable bonds is 4. The zero-order valence-corrected chi connectivity index (χ0v) is 10.7. The van der Waals surface area contributed by atoms with Crippen molar-refractivity contribution in [3.05, 3.63) is 28.5 Å². The van der Waals surface area contributed by atoms with Gasteiger partial charge in [-0.3, -0.25) is 4.79 Å². The first-order valence-corrected chi connectivity index (χ1v) is 6.15. The number of aldehydes is 1. The van der Waals surface area contributed by atoms with E-state index < -0.39 is 0 Å². The van der Waals surface area contributed by atoms with Crippen molar-refractivity contribution in [2.45, 2.75) is 26.3 Å². The summed E-state index contributed by atoms with van der Waals surface area (Å²) < 4.78 is 2.97. The molecule has 4 heteroatoms. The number of carbonyl (C=O) groups is 1. The molecule has 0 aliphatic heterocycles. The Balaban J connectivity index is 2.59. The van der Waals surface area contributed by atoms with Crippen LogP contribution >= 0.6 is 15.9 Å². The third-order valence-corrected chi connectivity index (χ3v) is 3.28. The number of fused-ring (bicyclic) bond motifs is 1. The fourth-order valence-corrected chi connectivity index (χ4v) is 2.32. The quantitative estimate of drug-likeness (QED) is 0.805. The first kappa shape index (κ1) is 11.3. The molecule has 0 saturated carbocycles. The van der Waals surface area contributed by atoms with Crippen LogP contribution in [0.5, 0.6) is 0 Å². The highest BCUT2D eigenvalue weighted by molar-refractivity contribution is 9.10. The Morgan fingerprint density at radius 1 is 1.56 bits per heavy atom. The van der Waals surface area contributed by atoms with Gasteiger partial charge in [0.15, 0.2) is 6.29 Å². The molecule has 0 radical (unpaired) electrons. The molecule has 0 bridgehead atoms. The van der Waals surface area contributed by atoms with Crippen molar-refractivity contribution in [3.63, 3.8) is 0 Å². The van der Waals surface area contributed by atoms with E-state index in [1.54, 1.807) is 6.20 Å². The van der Waals surface area contributed by atoms with Gasteiger partial charge in [-0.1, -0.05) is 13.3 Å². The predicted molar refractivity (Wildman–Crippen MR) is 67.7 cm³/mol. The number of nitrogens with zero attached hydrogens (tertiary/aromatic N) is 2. The van der Waals surface area contributed by atoms with E-state index >= 15 is 0 Å². The van der Waals surface area contributed by atoms with Crippen LogP contribution in [0.2, 0.25) is 0 Å². The molecule has 2 aromatic rings. The highest BCUT2D eigenvalue weighted by Gasteiger charge is 2.11. The monoisotopic (exact) mass is 280 g/mol. The van der Waals surface area contributed by atoms with Crippen LogP contribution in [-0.4, -0.2) is 15.8 Å². The van der Waals surface area contributed by atoms with Crippen LogP contribution in [0.3, 0.4) is 0 Å². The average Bonchev–Trinajstić information content (AvgIpc) is 2.66. The maximum atomic E-state index is 11.0. The molecular weight excluding hydrogens is 268 g/mol. The molecule has 0 unspecified atom stereocenters. The maximum Gasteiger partial charge on any atom is 0.152 e. The molecule has 0 atom stereocenters. The third-order valence-electron chi connectivity index (χ3n) is 2.62. The molecule has 0 saturated heterocycles. The number of halogens is 1. The number of pyridine rings is 1. The largest absolute Gasteiger partial charge is 0.332 e. The number of aromatic nitrogens is 2. The minimum absolute atomic E-state index is 0.700. The van der Waals surface area contributed by atoms with Crippen LogP contribution in [0, 0.1) is 0 Å². The topological polar surface area (TPSA) is 34.9 Å². The van der Waals surface area contributed by atoms with Gasteiger partial charge in [-0.05, 0) is 28.4 Å². The molecule has 3 nitrogen and oxygen atoms in total. The predicted octanol–water partition coefficient (Wildman–Crippen LogP) is 3.41. The van der Waals surface area contributed by atoms with Gasteiger partial charge in [-0.15, -0.1) is 0 Å². The van der Waals surface area contributed by atoms with E-state index in [0.717, 1.165) is 41.2 Å². The standard InChI is InChI=1S/C12H13BrN2O/c1-2-3-6-15-7-9(8-16)11-10(13)4-5-14-12(11)15/h4-5,7-8H,2-3,6H2,1H3. The second-order valence-corrected chi connectivity index (χ2v) is 4.59. The summed E-state index contributed by atoms with van der Waals surface area (Å²) in [5.41, 5.74) is 1.58. The summed E-state index contributed by atoms with van der Waals surface area (Å²) in [5.74, 6) is 0. The molecule has 84 valence electrons. The van der Waals surface area contributed by atoms with Gasteiger partial charge in [0.25, 0.3) is 0 Å². The first-order chi connectivity index (χ1) is 7.77. The highest BCUT2D eigenvalue weighted by Crippen LogP contribution is 2.26. The van der Waals surface area contributed by atoms with Crippen LogP contribution in [0.1, 0.15) is 30.1 Å². The van der Waals surface area contributed by atoms with E-state index in [9.17, 15) is 4.79 Å². The number of unbranched alkanes of at least 4 members (excludes halogenated alkanes) is 1. The van der Waals surface area contributed by atoms with Crippen molar-refractivity contribution in [1.29, 1.82) is 0 Å². The first-order valence-electron chi connectivity index (χ1n) is 5.36. The smallest absolute Gasteiger partial charge is 0.152 e. The summed E-state index contributed by atoms with van der Waals surface area (Å²) in [7, 11) is 0. The van der Waals surface area contributed by atoms with Gasteiger partial charge in [0, 0.05) is 34.4 Å². The Morgan fingerprint density at radius 2 is 2.38 bits per heavy atom. The third kappa shape index (κ3) is 1.89. The molecule has 16 heavy (non-hydrogen) atoms. The van der Waals surface area contributed by atoms with Gasteiger partial charge in [0.05, 0.1) is 0 Å². The van der Waals surface area contributed by atoms with Crippen LogP contribution < -0.4 is 0 Å². The Morgan fingerprint density at radius 3 is 3.06 bits per heavy atom. The summed E-state index contributed by atoms with van der Waals surface area (Å²) in [4.78, 5) is 15.3. The normalized spacial score (nSPS) is 10.9. The Labute approximate surface area is 103 Å². The van der Waals surface area contributed by atoms with Crippen molar-refractivity contribution < 1.29 is 4.79 Å². The van der Waals surface area contributed by atoms with Gasteiger partial charge < -0.3 is 4.57 Å². The molecular formula is C12H13BrN2O. The summed E-state index contributed by atoms with van der Waals surface area (Å²) >= 11 is 3.46. The number of aryl methyl sites for hydroxylation is 1. The van der Waals surface area contributed by atoms with E-state index in [1.165, 1.54) is 0 Å². The lowest BCUT2D eigenvalue weighted by atomic mass is 10.2. The summed E-state index contributed by atoms with van der Waals surface area (Å²) in [6.45, 7) is 3.06. The van der Waals surface area contributed by atoms with Crippen LogP contribution in [-0.2, 0) is 6.54 Å². The molecule has 2 rings (SSSR count). The Hall–Kier alpha value is -1.16. The van der Waals surface area contributed by atoms with Crippen molar-refractivity contribution in [1.82, 2.24) is 9.55 Å². The number of hydrogen-bond donors (Lipinski definition) is 0. The number of hydrogen-bond acceptors (Lipinski definition) is 2. The average molecular weight is 281 g/mol. The van der Waals surface area contributed by atoms with Gasteiger partial charge >= 0.3 is 0 Å². The van der Waals surface area contributed by atoms with Crippen LogP contribution in [0.15, 0.2) is 22.9 Å². The summed E-state index contributed by atoms with van der Waals surface area (Å²) in [6, 6.07) is 1.86.